The molecular weight excluding hydrogens is 368 g/mol. The zero-order valence-electron chi connectivity index (χ0n) is 17.1. The van der Waals surface area contributed by atoms with Crippen LogP contribution in [0.15, 0.2) is 54.9 Å². The van der Waals surface area contributed by atoms with Gasteiger partial charge in [0.05, 0.1) is 12.0 Å². The molecule has 1 aliphatic heterocycles. The number of benzene rings is 1. The highest BCUT2D eigenvalue weighted by Gasteiger charge is 2.40. The van der Waals surface area contributed by atoms with Crippen LogP contribution in [0.5, 0.6) is 0 Å². The maximum Gasteiger partial charge on any atom is 0.408 e. The maximum absolute atomic E-state index is 12.5. The first-order valence-corrected chi connectivity index (χ1v) is 9.93. The summed E-state index contributed by atoms with van der Waals surface area (Å²) >= 11 is 0. The van der Waals surface area contributed by atoms with E-state index in [4.69, 9.17) is 9.47 Å². The number of nitrogens with zero attached hydrogens (tertiary/aromatic N) is 1. The van der Waals surface area contributed by atoms with Crippen LogP contribution in [0.2, 0.25) is 0 Å². The van der Waals surface area contributed by atoms with Crippen molar-refractivity contribution in [1.29, 1.82) is 0 Å². The Balaban J connectivity index is 1.71. The Hall–Kier alpha value is -2.89. The fraction of sp³-hybridized carbons (Fsp3) is 0.435. The van der Waals surface area contributed by atoms with E-state index in [2.05, 4.69) is 10.3 Å². The molecule has 1 fully saturated rings. The van der Waals surface area contributed by atoms with Gasteiger partial charge in [0, 0.05) is 18.8 Å². The molecule has 0 aliphatic carbocycles. The van der Waals surface area contributed by atoms with E-state index in [0.717, 1.165) is 11.1 Å². The van der Waals surface area contributed by atoms with Crippen LogP contribution in [0.4, 0.5) is 4.79 Å². The van der Waals surface area contributed by atoms with Crippen LogP contribution in [0, 0.1) is 5.92 Å². The summed E-state index contributed by atoms with van der Waals surface area (Å²) in [5, 5.41) is 2.92. The van der Waals surface area contributed by atoms with Gasteiger partial charge in [0.2, 0.25) is 0 Å². The van der Waals surface area contributed by atoms with Gasteiger partial charge in [0.1, 0.15) is 11.7 Å². The van der Waals surface area contributed by atoms with Gasteiger partial charge in [-0.1, -0.05) is 30.3 Å². The molecule has 3 rings (SSSR count). The van der Waals surface area contributed by atoms with Crippen LogP contribution in [0.3, 0.4) is 0 Å². The molecule has 0 radical (unpaired) electrons. The molecule has 0 saturated carbocycles. The Kier molecular flexibility index (Phi) is 6.52. The standard InChI is InChI=1S/C23H28N2O4/c1-23(2,3)29-22(27)25-19(14-16-7-5-4-6-8-16)20-15-18(21(26)28-20)13-17-9-11-24-12-10-17/h4-12,18-20H,13-15H2,1-3H3,(H,25,27)/t18-,19?,20-/m0/s1. The molecule has 29 heavy (non-hydrogen) atoms. The monoisotopic (exact) mass is 396 g/mol. The fourth-order valence-corrected chi connectivity index (χ4v) is 3.49. The molecule has 1 aromatic heterocycles. The summed E-state index contributed by atoms with van der Waals surface area (Å²) in [7, 11) is 0. The summed E-state index contributed by atoms with van der Waals surface area (Å²) in [4.78, 5) is 28.9. The molecule has 2 heterocycles. The lowest BCUT2D eigenvalue weighted by atomic mass is 9.92. The normalized spacial score (nSPS) is 20.0. The van der Waals surface area contributed by atoms with E-state index >= 15 is 0 Å². The third kappa shape index (κ3) is 6.31. The fourth-order valence-electron chi connectivity index (χ4n) is 3.49. The smallest absolute Gasteiger partial charge is 0.408 e. The first-order chi connectivity index (χ1) is 13.8. The Morgan fingerprint density at radius 2 is 1.86 bits per heavy atom. The second-order valence-electron chi connectivity index (χ2n) is 8.41. The minimum Gasteiger partial charge on any atom is -0.460 e. The Morgan fingerprint density at radius 3 is 2.52 bits per heavy atom. The number of hydrogen-bond donors (Lipinski definition) is 1. The second kappa shape index (κ2) is 9.07. The van der Waals surface area contributed by atoms with Gasteiger partial charge in [0.25, 0.3) is 0 Å². The number of aromatic nitrogens is 1. The number of rotatable bonds is 6. The quantitative estimate of drug-likeness (QED) is 0.754. The third-order valence-corrected chi connectivity index (χ3v) is 4.80. The number of carbonyl (C=O) groups excluding carboxylic acids is 2. The van der Waals surface area contributed by atoms with Gasteiger partial charge in [-0.15, -0.1) is 0 Å². The van der Waals surface area contributed by atoms with Gasteiger partial charge in [-0.2, -0.15) is 0 Å². The lowest BCUT2D eigenvalue weighted by Gasteiger charge is -2.26. The molecule has 1 saturated heterocycles. The average molecular weight is 396 g/mol. The van der Waals surface area contributed by atoms with E-state index in [-0.39, 0.29) is 17.9 Å². The van der Waals surface area contributed by atoms with Crippen molar-refractivity contribution in [3.63, 3.8) is 0 Å². The summed E-state index contributed by atoms with van der Waals surface area (Å²) < 4.78 is 11.1. The lowest BCUT2D eigenvalue weighted by Crippen LogP contribution is -2.46. The SMILES string of the molecule is CC(C)(C)OC(=O)NC(Cc1ccccc1)[C@@H]1C[C@H](Cc2ccncc2)C(=O)O1. The Bertz CT molecular complexity index is 818. The molecule has 154 valence electrons. The van der Waals surface area contributed by atoms with Gasteiger partial charge in [-0.05, 0) is 56.9 Å². The minimum absolute atomic E-state index is 0.226. The number of amides is 1. The number of cyclic esters (lactones) is 1. The second-order valence-corrected chi connectivity index (χ2v) is 8.41. The van der Waals surface area contributed by atoms with Crippen LogP contribution in [-0.2, 0) is 27.1 Å². The Labute approximate surface area is 171 Å². The minimum atomic E-state index is -0.600. The van der Waals surface area contributed by atoms with Crippen molar-refractivity contribution in [1.82, 2.24) is 10.3 Å². The van der Waals surface area contributed by atoms with E-state index in [1.165, 1.54) is 0 Å². The van der Waals surface area contributed by atoms with E-state index in [9.17, 15) is 9.59 Å². The van der Waals surface area contributed by atoms with Crippen LogP contribution >= 0.6 is 0 Å². The molecule has 1 amide bonds. The van der Waals surface area contributed by atoms with Gasteiger partial charge < -0.3 is 14.8 Å². The number of hydrogen-bond acceptors (Lipinski definition) is 5. The van der Waals surface area contributed by atoms with Gasteiger partial charge >= 0.3 is 12.1 Å². The molecule has 2 aromatic rings. The largest absolute Gasteiger partial charge is 0.460 e. The molecule has 1 aliphatic rings. The van der Waals surface area contributed by atoms with Crippen LogP contribution in [-0.4, -0.2) is 34.8 Å². The zero-order valence-corrected chi connectivity index (χ0v) is 17.1. The number of nitrogens with one attached hydrogen (secondary N) is 1. The average Bonchev–Trinajstić information content (AvgIpc) is 3.02. The van der Waals surface area contributed by atoms with Crippen LogP contribution in [0.1, 0.15) is 38.3 Å². The van der Waals surface area contributed by atoms with E-state index in [0.29, 0.717) is 19.3 Å². The first-order valence-electron chi connectivity index (χ1n) is 9.93. The van der Waals surface area contributed by atoms with Crippen molar-refractivity contribution in [3.05, 3.63) is 66.0 Å². The molecule has 1 aromatic carbocycles. The lowest BCUT2D eigenvalue weighted by molar-refractivity contribution is -0.145. The van der Waals surface area contributed by atoms with Crippen molar-refractivity contribution in [2.24, 2.45) is 5.92 Å². The zero-order chi connectivity index (χ0) is 20.9. The van der Waals surface area contributed by atoms with Crippen molar-refractivity contribution in [2.75, 3.05) is 0 Å². The first kappa shape index (κ1) is 20.8. The van der Waals surface area contributed by atoms with E-state index in [1.54, 1.807) is 12.4 Å². The summed E-state index contributed by atoms with van der Waals surface area (Å²) in [5.41, 5.74) is 1.50. The molecule has 6 nitrogen and oxygen atoms in total. The number of esters is 1. The molecule has 1 unspecified atom stereocenters. The van der Waals surface area contributed by atoms with Crippen LogP contribution < -0.4 is 5.32 Å². The Morgan fingerprint density at radius 1 is 1.17 bits per heavy atom. The van der Waals surface area contributed by atoms with Crippen molar-refractivity contribution >= 4 is 12.1 Å². The molecule has 6 heteroatoms. The molecule has 0 bridgehead atoms. The van der Waals surface area contributed by atoms with Crippen molar-refractivity contribution < 1.29 is 19.1 Å². The predicted molar refractivity (Wildman–Crippen MR) is 109 cm³/mol. The summed E-state index contributed by atoms with van der Waals surface area (Å²) in [6.45, 7) is 5.46. The van der Waals surface area contributed by atoms with E-state index in [1.807, 2.05) is 63.2 Å². The predicted octanol–water partition coefficient (Wildman–Crippen LogP) is 3.69. The van der Waals surface area contributed by atoms with Gasteiger partial charge in [0.15, 0.2) is 0 Å². The van der Waals surface area contributed by atoms with Crippen molar-refractivity contribution in [3.8, 4) is 0 Å². The molecule has 0 spiro atoms. The number of alkyl carbamates (subject to hydrolysis) is 1. The highest BCUT2D eigenvalue weighted by Crippen LogP contribution is 2.28. The molecule has 3 atom stereocenters. The number of carbonyl (C=O) groups is 2. The van der Waals surface area contributed by atoms with Gasteiger partial charge in [-0.3, -0.25) is 9.78 Å². The molecular formula is C23H28N2O4. The van der Waals surface area contributed by atoms with Crippen molar-refractivity contribution in [2.45, 2.75) is 57.8 Å². The highest BCUT2D eigenvalue weighted by atomic mass is 16.6. The van der Waals surface area contributed by atoms with Crippen LogP contribution in [0.25, 0.3) is 0 Å². The third-order valence-electron chi connectivity index (χ3n) is 4.80. The maximum atomic E-state index is 12.5. The highest BCUT2D eigenvalue weighted by molar-refractivity contribution is 5.75. The summed E-state index contributed by atoms with van der Waals surface area (Å²) in [5.74, 6) is -0.461. The topological polar surface area (TPSA) is 77.5 Å². The van der Waals surface area contributed by atoms with E-state index < -0.39 is 17.8 Å². The summed E-state index contributed by atoms with van der Waals surface area (Å²) in [6, 6.07) is 13.3. The number of ether oxygens (including phenoxy) is 2. The number of pyridine rings is 1. The molecule has 1 N–H and O–H groups in total. The van der Waals surface area contributed by atoms with Gasteiger partial charge in [-0.25, -0.2) is 4.79 Å². The summed E-state index contributed by atoms with van der Waals surface area (Å²) in [6.07, 6.45) is 4.23.